The Morgan fingerprint density at radius 1 is 1.24 bits per heavy atom. The highest BCUT2D eigenvalue weighted by molar-refractivity contribution is 7.89. The summed E-state index contributed by atoms with van der Waals surface area (Å²) in [6.07, 6.45) is 0. The van der Waals surface area contributed by atoms with E-state index in [-0.39, 0.29) is 10.6 Å². The van der Waals surface area contributed by atoms with Gasteiger partial charge in [0.15, 0.2) is 0 Å². The van der Waals surface area contributed by atoms with Gasteiger partial charge in [0.05, 0.1) is 6.54 Å². The Morgan fingerprint density at radius 3 is 2.33 bits per heavy atom. The number of sulfonamides is 1. The van der Waals surface area contributed by atoms with E-state index in [0.29, 0.717) is 37.2 Å². The second-order valence-corrected chi connectivity index (χ2v) is 8.97. The van der Waals surface area contributed by atoms with Crippen molar-refractivity contribution in [2.45, 2.75) is 51.8 Å². The van der Waals surface area contributed by atoms with Crippen molar-refractivity contribution in [2.75, 3.05) is 13.1 Å². The maximum absolute atomic E-state index is 12.6. The van der Waals surface area contributed by atoms with Gasteiger partial charge in [0, 0.05) is 18.6 Å². The van der Waals surface area contributed by atoms with Gasteiger partial charge >= 0.3 is 0 Å². The van der Waals surface area contributed by atoms with E-state index in [2.05, 4.69) is 39.9 Å². The number of nitrogens with zero attached hydrogens (tertiary/aromatic N) is 1. The van der Waals surface area contributed by atoms with Crippen LogP contribution in [0.1, 0.15) is 40.4 Å². The van der Waals surface area contributed by atoms with Crippen molar-refractivity contribution in [1.29, 1.82) is 0 Å². The Balaban J connectivity index is 2.10. The lowest BCUT2D eigenvalue weighted by Crippen LogP contribution is -2.34. The molecule has 21 heavy (non-hydrogen) atoms. The monoisotopic (exact) mass is 314 g/mol. The zero-order valence-corrected chi connectivity index (χ0v) is 14.3. The minimum Gasteiger partial charge on any atom is -0.447 e. The highest BCUT2D eigenvalue weighted by Gasteiger charge is 2.36. The van der Waals surface area contributed by atoms with Crippen molar-refractivity contribution < 1.29 is 12.8 Å². The van der Waals surface area contributed by atoms with Crippen molar-refractivity contribution in [3.8, 4) is 0 Å². The van der Waals surface area contributed by atoms with E-state index >= 15 is 0 Å². The highest BCUT2D eigenvalue weighted by atomic mass is 32.2. The molecule has 1 aromatic heterocycles. The summed E-state index contributed by atoms with van der Waals surface area (Å²) in [5.41, 5.74) is -0.0361. The summed E-state index contributed by atoms with van der Waals surface area (Å²) in [6.45, 7) is 12.0. The molecule has 1 saturated heterocycles. The van der Waals surface area contributed by atoms with E-state index in [4.69, 9.17) is 4.42 Å². The fourth-order valence-electron chi connectivity index (χ4n) is 2.34. The predicted octanol–water partition coefficient (Wildman–Crippen LogP) is 2.44. The molecule has 120 valence electrons. The molecule has 5 nitrogen and oxygen atoms in total. The molecule has 0 aliphatic carbocycles. The fourth-order valence-corrected chi connectivity index (χ4v) is 3.91. The summed E-state index contributed by atoms with van der Waals surface area (Å²) in [7, 11) is -3.50. The van der Waals surface area contributed by atoms with Crippen LogP contribution in [0.5, 0.6) is 0 Å². The van der Waals surface area contributed by atoms with Gasteiger partial charge in [-0.3, -0.25) is 0 Å². The molecule has 6 heteroatoms. The Kier molecular flexibility index (Phi) is 4.52. The van der Waals surface area contributed by atoms with Crippen LogP contribution in [0.3, 0.4) is 0 Å². The Hall–Kier alpha value is -0.850. The van der Waals surface area contributed by atoms with E-state index in [0.717, 1.165) is 0 Å². The topological polar surface area (TPSA) is 62.6 Å². The predicted molar refractivity (Wildman–Crippen MR) is 82.4 cm³/mol. The van der Waals surface area contributed by atoms with Gasteiger partial charge in [-0.1, -0.05) is 13.8 Å². The molecule has 2 atom stereocenters. The van der Waals surface area contributed by atoms with Crippen molar-refractivity contribution in [2.24, 2.45) is 11.8 Å². The lowest BCUT2D eigenvalue weighted by atomic mass is 10.0. The second-order valence-electron chi connectivity index (χ2n) is 7.10. The molecule has 0 bridgehead atoms. The zero-order valence-electron chi connectivity index (χ0n) is 13.5. The molecule has 1 N–H and O–H groups in total. The lowest BCUT2D eigenvalue weighted by Gasteiger charge is -2.19. The zero-order chi connectivity index (χ0) is 15.8. The third-order valence-corrected chi connectivity index (χ3v) is 5.68. The van der Waals surface area contributed by atoms with Gasteiger partial charge in [-0.15, -0.1) is 0 Å². The summed E-state index contributed by atoms with van der Waals surface area (Å²) in [5, 5.41) is 3.33. The smallest absolute Gasteiger partial charge is 0.276 e. The Bertz CT molecular complexity index is 576. The maximum Gasteiger partial charge on any atom is 0.276 e. The second kappa shape index (κ2) is 5.74. The van der Waals surface area contributed by atoms with Gasteiger partial charge in [-0.05, 0) is 44.7 Å². The molecular weight excluding hydrogens is 288 g/mol. The first-order valence-corrected chi connectivity index (χ1v) is 8.87. The number of hydrogen-bond donors (Lipinski definition) is 1. The first-order chi connectivity index (χ1) is 9.59. The molecule has 2 heterocycles. The van der Waals surface area contributed by atoms with Crippen molar-refractivity contribution in [3.05, 3.63) is 17.9 Å². The molecule has 1 fully saturated rings. The molecule has 0 aromatic carbocycles. The minimum atomic E-state index is -3.50. The standard InChI is InChI=1S/C15H26N2O3S/c1-11-9-17(10-12(11)2)21(18,19)14-7-6-13(20-14)8-16-15(3,4)5/h6-7,11-12,16H,8-10H2,1-5H3. The summed E-state index contributed by atoms with van der Waals surface area (Å²) < 4.78 is 32.2. The molecular formula is C15H26N2O3S. The third-order valence-electron chi connectivity index (χ3n) is 3.98. The van der Waals surface area contributed by atoms with Crippen LogP contribution >= 0.6 is 0 Å². The normalized spacial score (nSPS) is 24.6. The lowest BCUT2D eigenvalue weighted by molar-refractivity contribution is 0.351. The summed E-state index contributed by atoms with van der Waals surface area (Å²) in [4.78, 5) is 0. The van der Waals surface area contributed by atoms with Gasteiger partial charge in [-0.25, -0.2) is 8.42 Å². The van der Waals surface area contributed by atoms with Gasteiger partial charge in [0.25, 0.3) is 10.0 Å². The van der Waals surface area contributed by atoms with Crippen LogP contribution in [0.2, 0.25) is 0 Å². The van der Waals surface area contributed by atoms with Gasteiger partial charge in [0.1, 0.15) is 5.76 Å². The molecule has 2 rings (SSSR count). The first kappa shape index (κ1) is 16.5. The quantitative estimate of drug-likeness (QED) is 0.927. The van der Waals surface area contributed by atoms with Crippen LogP contribution in [0.25, 0.3) is 0 Å². The van der Waals surface area contributed by atoms with Crippen LogP contribution in [0.15, 0.2) is 21.6 Å². The minimum absolute atomic E-state index is 0.0361. The maximum atomic E-state index is 12.6. The third kappa shape index (κ3) is 3.87. The largest absolute Gasteiger partial charge is 0.447 e. The summed E-state index contributed by atoms with van der Waals surface area (Å²) in [5.74, 6) is 1.41. The van der Waals surface area contributed by atoms with Crippen LogP contribution in [0, 0.1) is 11.8 Å². The van der Waals surface area contributed by atoms with E-state index in [1.807, 2.05) is 0 Å². The van der Waals surface area contributed by atoms with Crippen LogP contribution in [-0.4, -0.2) is 31.4 Å². The Labute approximate surface area is 127 Å². The van der Waals surface area contributed by atoms with E-state index in [1.54, 1.807) is 12.1 Å². The SMILES string of the molecule is CC1CN(S(=O)(=O)c2ccc(CNC(C)(C)C)o2)CC1C. The van der Waals surface area contributed by atoms with E-state index in [9.17, 15) is 8.42 Å². The van der Waals surface area contributed by atoms with E-state index < -0.39 is 10.0 Å². The molecule has 0 saturated carbocycles. The number of nitrogens with one attached hydrogen (secondary N) is 1. The fraction of sp³-hybridized carbons (Fsp3) is 0.733. The molecule has 0 spiro atoms. The first-order valence-electron chi connectivity index (χ1n) is 7.43. The summed E-state index contributed by atoms with van der Waals surface area (Å²) in [6, 6.07) is 3.29. The van der Waals surface area contributed by atoms with Gasteiger partial charge < -0.3 is 9.73 Å². The van der Waals surface area contributed by atoms with Crippen LogP contribution < -0.4 is 5.32 Å². The molecule has 0 amide bonds. The molecule has 2 unspecified atom stereocenters. The van der Waals surface area contributed by atoms with Gasteiger partial charge in [0.2, 0.25) is 5.09 Å². The average molecular weight is 314 g/mol. The molecule has 0 radical (unpaired) electrons. The number of hydrogen-bond acceptors (Lipinski definition) is 4. The van der Waals surface area contributed by atoms with Crippen molar-refractivity contribution in [3.63, 3.8) is 0 Å². The van der Waals surface area contributed by atoms with E-state index in [1.165, 1.54) is 4.31 Å². The average Bonchev–Trinajstić information content (AvgIpc) is 2.95. The summed E-state index contributed by atoms with van der Waals surface area (Å²) >= 11 is 0. The number of rotatable bonds is 4. The number of furan rings is 1. The molecule has 1 aliphatic heterocycles. The van der Waals surface area contributed by atoms with Crippen LogP contribution in [-0.2, 0) is 16.6 Å². The highest BCUT2D eigenvalue weighted by Crippen LogP contribution is 2.28. The Morgan fingerprint density at radius 2 is 1.81 bits per heavy atom. The van der Waals surface area contributed by atoms with Gasteiger partial charge in [-0.2, -0.15) is 4.31 Å². The molecule has 1 aromatic rings. The van der Waals surface area contributed by atoms with Crippen molar-refractivity contribution >= 4 is 10.0 Å². The van der Waals surface area contributed by atoms with Crippen LogP contribution in [0.4, 0.5) is 0 Å². The van der Waals surface area contributed by atoms with Crippen molar-refractivity contribution in [1.82, 2.24) is 9.62 Å². The molecule has 1 aliphatic rings.